The van der Waals surface area contributed by atoms with Gasteiger partial charge in [-0.2, -0.15) is 0 Å². The zero-order valence-electron chi connectivity index (χ0n) is 22.4. The SMILES string of the molecule is CC(C)(C)OC(=O)CC1CCC(CN2CCN(c3ccc(NC4CCC(=O)NC4=O)cc3F)CC2)CC1. The van der Waals surface area contributed by atoms with Crippen molar-refractivity contribution in [1.82, 2.24) is 10.2 Å². The Balaban J connectivity index is 1.19. The van der Waals surface area contributed by atoms with Crippen molar-refractivity contribution in [3.63, 3.8) is 0 Å². The van der Waals surface area contributed by atoms with Gasteiger partial charge in [0.15, 0.2) is 0 Å². The van der Waals surface area contributed by atoms with Crippen LogP contribution in [0.4, 0.5) is 15.8 Å². The van der Waals surface area contributed by atoms with Crippen LogP contribution in [0, 0.1) is 17.7 Å². The number of halogens is 1. The molecule has 1 unspecified atom stereocenters. The van der Waals surface area contributed by atoms with Gasteiger partial charge in [0, 0.05) is 51.3 Å². The van der Waals surface area contributed by atoms with Crippen molar-refractivity contribution < 1.29 is 23.5 Å². The van der Waals surface area contributed by atoms with Crippen LogP contribution in [0.2, 0.25) is 0 Å². The number of hydrogen-bond acceptors (Lipinski definition) is 7. The van der Waals surface area contributed by atoms with Crippen molar-refractivity contribution in [2.75, 3.05) is 42.9 Å². The molecule has 1 aromatic carbocycles. The van der Waals surface area contributed by atoms with Gasteiger partial charge in [0.25, 0.3) is 0 Å². The number of hydrogen-bond donors (Lipinski definition) is 2. The lowest BCUT2D eigenvalue weighted by molar-refractivity contribution is -0.156. The van der Waals surface area contributed by atoms with Crippen LogP contribution in [0.3, 0.4) is 0 Å². The molecule has 2 heterocycles. The van der Waals surface area contributed by atoms with Crippen LogP contribution in [0.15, 0.2) is 18.2 Å². The Labute approximate surface area is 219 Å². The molecule has 1 aromatic rings. The number of amides is 2. The topological polar surface area (TPSA) is 91.0 Å². The molecule has 2 saturated heterocycles. The van der Waals surface area contributed by atoms with Crippen molar-refractivity contribution >= 4 is 29.2 Å². The highest BCUT2D eigenvalue weighted by Crippen LogP contribution is 2.32. The maximum Gasteiger partial charge on any atom is 0.306 e. The summed E-state index contributed by atoms with van der Waals surface area (Å²) in [6.07, 6.45) is 5.65. The summed E-state index contributed by atoms with van der Waals surface area (Å²) in [6.45, 7) is 10.1. The minimum atomic E-state index is -0.529. The Bertz CT molecular complexity index is 979. The summed E-state index contributed by atoms with van der Waals surface area (Å²) in [4.78, 5) is 40.0. The smallest absolute Gasteiger partial charge is 0.306 e. The van der Waals surface area contributed by atoms with E-state index in [-0.39, 0.29) is 30.0 Å². The zero-order chi connectivity index (χ0) is 26.6. The van der Waals surface area contributed by atoms with Crippen LogP contribution in [0.5, 0.6) is 0 Å². The van der Waals surface area contributed by atoms with E-state index in [1.807, 2.05) is 20.8 Å². The minimum absolute atomic E-state index is 0.0842. The highest BCUT2D eigenvalue weighted by atomic mass is 19.1. The van der Waals surface area contributed by atoms with Crippen molar-refractivity contribution in [3.8, 4) is 0 Å². The summed E-state index contributed by atoms with van der Waals surface area (Å²) in [7, 11) is 0. The molecular weight excluding hydrogens is 475 g/mol. The fourth-order valence-electron chi connectivity index (χ4n) is 5.66. The van der Waals surface area contributed by atoms with Crippen molar-refractivity contribution in [2.45, 2.75) is 77.4 Å². The maximum absolute atomic E-state index is 15.0. The average Bonchev–Trinajstić information content (AvgIpc) is 2.82. The summed E-state index contributed by atoms with van der Waals surface area (Å²) in [5.74, 6) is 0.0466. The van der Waals surface area contributed by atoms with E-state index in [1.54, 1.807) is 12.1 Å². The van der Waals surface area contributed by atoms with E-state index in [1.165, 1.54) is 6.07 Å². The van der Waals surface area contributed by atoms with Gasteiger partial charge >= 0.3 is 5.97 Å². The number of benzene rings is 1. The first kappa shape index (κ1) is 27.4. The third-order valence-electron chi connectivity index (χ3n) is 7.60. The lowest BCUT2D eigenvalue weighted by atomic mass is 9.80. The van der Waals surface area contributed by atoms with Gasteiger partial charge in [-0.15, -0.1) is 0 Å². The number of rotatable bonds is 7. The molecule has 0 spiro atoms. The first-order valence-electron chi connectivity index (χ1n) is 13.6. The van der Waals surface area contributed by atoms with Crippen molar-refractivity contribution in [1.29, 1.82) is 0 Å². The predicted octanol–water partition coefficient (Wildman–Crippen LogP) is 3.70. The molecule has 2 aliphatic heterocycles. The van der Waals surface area contributed by atoms with E-state index in [4.69, 9.17) is 4.74 Å². The van der Waals surface area contributed by atoms with E-state index >= 15 is 0 Å². The van der Waals surface area contributed by atoms with Gasteiger partial charge < -0.3 is 15.0 Å². The van der Waals surface area contributed by atoms with E-state index in [0.29, 0.717) is 36.1 Å². The van der Waals surface area contributed by atoms with Crippen LogP contribution in [0.25, 0.3) is 0 Å². The van der Waals surface area contributed by atoms with Crippen LogP contribution in [-0.4, -0.2) is 67.1 Å². The minimum Gasteiger partial charge on any atom is -0.460 e. The number of ether oxygens (including phenoxy) is 1. The van der Waals surface area contributed by atoms with Gasteiger partial charge in [0.05, 0.1) is 5.69 Å². The molecule has 37 heavy (non-hydrogen) atoms. The first-order chi connectivity index (χ1) is 17.6. The summed E-state index contributed by atoms with van der Waals surface area (Å²) < 4.78 is 20.4. The highest BCUT2D eigenvalue weighted by Gasteiger charge is 2.29. The predicted molar refractivity (Wildman–Crippen MR) is 141 cm³/mol. The Hall–Kier alpha value is -2.68. The Morgan fingerprint density at radius 1 is 1.05 bits per heavy atom. The lowest BCUT2D eigenvalue weighted by Crippen LogP contribution is -2.48. The molecule has 0 radical (unpaired) electrons. The van der Waals surface area contributed by atoms with Gasteiger partial charge in [0.1, 0.15) is 17.5 Å². The molecule has 2 amide bonds. The van der Waals surface area contributed by atoms with E-state index < -0.39 is 11.6 Å². The molecule has 0 bridgehead atoms. The second kappa shape index (κ2) is 11.8. The molecule has 4 rings (SSSR count). The number of piperidine rings is 1. The quantitative estimate of drug-likeness (QED) is 0.422. The molecule has 3 fully saturated rings. The number of carbonyl (C=O) groups excluding carboxylic acids is 3. The molecule has 1 aliphatic carbocycles. The zero-order valence-corrected chi connectivity index (χ0v) is 22.4. The molecule has 204 valence electrons. The van der Waals surface area contributed by atoms with Gasteiger partial charge in [-0.3, -0.25) is 24.6 Å². The van der Waals surface area contributed by atoms with E-state index in [0.717, 1.165) is 58.4 Å². The van der Waals surface area contributed by atoms with Crippen LogP contribution >= 0.6 is 0 Å². The molecular formula is C28H41FN4O4. The third-order valence-corrected chi connectivity index (χ3v) is 7.60. The molecule has 1 saturated carbocycles. The second-order valence-electron chi connectivity index (χ2n) is 11.8. The normalized spacial score (nSPS) is 25.5. The molecule has 9 heteroatoms. The number of nitrogens with zero attached hydrogens (tertiary/aromatic N) is 2. The second-order valence-corrected chi connectivity index (χ2v) is 11.8. The summed E-state index contributed by atoms with van der Waals surface area (Å²) in [5, 5.41) is 5.35. The highest BCUT2D eigenvalue weighted by molar-refractivity contribution is 6.01. The summed E-state index contributed by atoms with van der Waals surface area (Å²) in [5.41, 5.74) is 0.696. The Morgan fingerprint density at radius 2 is 1.73 bits per heavy atom. The Morgan fingerprint density at radius 3 is 2.35 bits per heavy atom. The van der Waals surface area contributed by atoms with E-state index in [9.17, 15) is 18.8 Å². The van der Waals surface area contributed by atoms with Crippen LogP contribution in [0.1, 0.15) is 65.7 Å². The number of nitrogens with one attached hydrogen (secondary N) is 2. The molecule has 8 nitrogen and oxygen atoms in total. The summed E-state index contributed by atoms with van der Waals surface area (Å²) in [6, 6.07) is 4.47. The third kappa shape index (κ3) is 7.90. The van der Waals surface area contributed by atoms with Crippen LogP contribution < -0.4 is 15.5 Å². The largest absolute Gasteiger partial charge is 0.460 e. The van der Waals surface area contributed by atoms with Gasteiger partial charge in [0.2, 0.25) is 11.8 Å². The maximum atomic E-state index is 15.0. The Kier molecular flexibility index (Phi) is 8.72. The van der Waals surface area contributed by atoms with Gasteiger partial charge in [-0.05, 0) is 82.9 Å². The number of esters is 1. The number of anilines is 2. The standard InChI is InChI=1S/C28H41FN4O4/c1-28(2,3)37-26(35)16-19-4-6-20(7-5-19)18-32-12-14-33(15-13-32)24-10-8-21(17-22(24)29)30-23-9-11-25(34)31-27(23)36/h8,10,17,19-20,23,30H,4-7,9,11-16,18H2,1-3H3,(H,31,34,36). The summed E-state index contributed by atoms with van der Waals surface area (Å²) >= 11 is 0. The lowest BCUT2D eigenvalue weighted by Gasteiger charge is -2.39. The molecule has 1 atom stereocenters. The van der Waals surface area contributed by atoms with Crippen molar-refractivity contribution in [2.24, 2.45) is 11.8 Å². The van der Waals surface area contributed by atoms with Crippen molar-refractivity contribution in [3.05, 3.63) is 24.0 Å². The van der Waals surface area contributed by atoms with Gasteiger partial charge in [-0.1, -0.05) is 0 Å². The fourth-order valence-corrected chi connectivity index (χ4v) is 5.66. The number of imide groups is 1. The fraction of sp³-hybridized carbons (Fsp3) is 0.679. The van der Waals surface area contributed by atoms with E-state index in [2.05, 4.69) is 20.4 Å². The van der Waals surface area contributed by atoms with Crippen LogP contribution in [-0.2, 0) is 19.1 Å². The molecule has 0 aromatic heterocycles. The molecule has 2 N–H and O–H groups in total. The average molecular weight is 517 g/mol. The first-order valence-corrected chi connectivity index (χ1v) is 13.6. The number of carbonyl (C=O) groups is 3. The monoisotopic (exact) mass is 516 g/mol. The van der Waals surface area contributed by atoms with Gasteiger partial charge in [-0.25, -0.2) is 4.39 Å². The molecule has 3 aliphatic rings. The number of piperazine rings is 1.